The molecule has 0 spiro atoms. The molecular weight excluding hydrogens is 242 g/mol. The first-order chi connectivity index (χ1) is 8.17. The molecule has 0 amide bonds. The molecule has 0 aliphatic rings. The topological polar surface area (TPSA) is 0 Å². The van der Waals surface area contributed by atoms with Gasteiger partial charge in [-0.3, -0.25) is 0 Å². The van der Waals surface area contributed by atoms with E-state index in [2.05, 4.69) is 33.2 Å². The third kappa shape index (κ3) is 6.83. The number of halogens is 1. The summed E-state index contributed by atoms with van der Waals surface area (Å²) < 4.78 is 1.04. The zero-order chi connectivity index (χ0) is 13.1. The van der Waals surface area contributed by atoms with Gasteiger partial charge in [-0.05, 0) is 31.9 Å². The summed E-state index contributed by atoms with van der Waals surface area (Å²) in [5.74, 6) is 0.629. The molecule has 0 fully saturated rings. The predicted octanol–water partition coefficient (Wildman–Crippen LogP) is 0.968. The fraction of sp³-hybridized carbons (Fsp3) is 0.500. The van der Waals surface area contributed by atoms with E-state index in [-0.39, 0.29) is 12.4 Å². The van der Waals surface area contributed by atoms with Crippen molar-refractivity contribution in [3.63, 3.8) is 0 Å². The lowest BCUT2D eigenvalue weighted by molar-refractivity contribution is -0.918. The smallest absolute Gasteiger partial charge is 0.0973 e. The second-order valence-electron chi connectivity index (χ2n) is 4.70. The van der Waals surface area contributed by atoms with E-state index in [1.165, 1.54) is 0 Å². The fourth-order valence-corrected chi connectivity index (χ4v) is 2.42. The molecule has 0 N–H and O–H groups in total. The number of likely N-dealkylation sites (N-methyl/N-ethyl adjacent to an activating group) is 1. The van der Waals surface area contributed by atoms with Crippen molar-refractivity contribution in [2.75, 3.05) is 26.2 Å². The van der Waals surface area contributed by atoms with Gasteiger partial charge < -0.3 is 16.9 Å². The van der Waals surface area contributed by atoms with Crippen LogP contribution < -0.4 is 12.4 Å². The maximum atomic E-state index is 3.88. The highest BCUT2D eigenvalue weighted by Crippen LogP contribution is 2.18. The molecule has 0 saturated carbocycles. The van der Waals surface area contributed by atoms with Crippen molar-refractivity contribution in [3.05, 3.63) is 50.6 Å². The highest BCUT2D eigenvalue weighted by molar-refractivity contribution is 4.81. The van der Waals surface area contributed by atoms with Gasteiger partial charge in [-0.25, -0.2) is 0 Å². The summed E-state index contributed by atoms with van der Waals surface area (Å²) in [6.45, 7) is 22.0. The van der Waals surface area contributed by atoms with E-state index in [1.807, 2.05) is 24.3 Å². The van der Waals surface area contributed by atoms with Crippen LogP contribution in [0.15, 0.2) is 50.6 Å². The number of allylic oxidation sites excluding steroid dienone is 2. The van der Waals surface area contributed by atoms with E-state index in [4.69, 9.17) is 0 Å². The average molecular weight is 270 g/mol. The Labute approximate surface area is 120 Å². The minimum absolute atomic E-state index is 0. The van der Waals surface area contributed by atoms with Crippen molar-refractivity contribution in [2.45, 2.75) is 19.8 Å². The van der Waals surface area contributed by atoms with Crippen LogP contribution in [0.5, 0.6) is 0 Å². The zero-order valence-electron chi connectivity index (χ0n) is 11.8. The second kappa shape index (κ2) is 11.3. The summed E-state index contributed by atoms with van der Waals surface area (Å²) >= 11 is 0. The Hall–Kier alpha value is -0.790. The standard InChI is InChI=1S/C16H28N.ClH/c1-6-11-16(12-7-2)15-17(10-5,13-8-3)14-9-4;/h6-9,16H,1-4,10-15H2,5H3;1H/q+1;/p-1. The molecule has 0 saturated heterocycles. The van der Waals surface area contributed by atoms with Gasteiger partial charge in [-0.1, -0.05) is 25.3 Å². The average Bonchev–Trinajstić information content (AvgIpc) is 2.30. The lowest BCUT2D eigenvalue weighted by Crippen LogP contribution is -3.00. The van der Waals surface area contributed by atoms with E-state index >= 15 is 0 Å². The molecule has 0 aliphatic carbocycles. The summed E-state index contributed by atoms with van der Waals surface area (Å²) in [5.41, 5.74) is 0. The van der Waals surface area contributed by atoms with E-state index in [9.17, 15) is 0 Å². The molecule has 18 heavy (non-hydrogen) atoms. The van der Waals surface area contributed by atoms with Gasteiger partial charge in [-0.2, -0.15) is 0 Å². The van der Waals surface area contributed by atoms with Gasteiger partial charge >= 0.3 is 0 Å². The molecule has 1 nitrogen and oxygen atoms in total. The van der Waals surface area contributed by atoms with Gasteiger partial charge in [0, 0.05) is 5.92 Å². The fourth-order valence-electron chi connectivity index (χ4n) is 2.42. The Bertz CT molecular complexity index is 238. The molecule has 0 bridgehead atoms. The van der Waals surface area contributed by atoms with E-state index in [1.54, 1.807) is 0 Å². The largest absolute Gasteiger partial charge is 1.00 e. The van der Waals surface area contributed by atoms with E-state index in [0.29, 0.717) is 5.92 Å². The second-order valence-corrected chi connectivity index (χ2v) is 4.70. The highest BCUT2D eigenvalue weighted by atomic mass is 35.5. The molecular formula is C16H28ClN. The molecule has 0 aromatic heterocycles. The normalized spacial score (nSPS) is 10.6. The van der Waals surface area contributed by atoms with Crippen LogP contribution in [0, 0.1) is 5.92 Å². The van der Waals surface area contributed by atoms with Crippen molar-refractivity contribution >= 4 is 0 Å². The Balaban J connectivity index is 0. The third-order valence-corrected chi connectivity index (χ3v) is 3.35. The van der Waals surface area contributed by atoms with Crippen LogP contribution >= 0.6 is 0 Å². The quantitative estimate of drug-likeness (QED) is 0.387. The number of rotatable bonds is 11. The van der Waals surface area contributed by atoms with Crippen LogP contribution in [-0.4, -0.2) is 30.7 Å². The summed E-state index contributed by atoms with van der Waals surface area (Å²) in [7, 11) is 0. The molecule has 0 aromatic rings. The number of quaternary nitrogens is 1. The van der Waals surface area contributed by atoms with Crippen LogP contribution in [-0.2, 0) is 0 Å². The summed E-state index contributed by atoms with van der Waals surface area (Å²) in [5, 5.41) is 0. The lowest BCUT2D eigenvalue weighted by Gasteiger charge is -2.38. The summed E-state index contributed by atoms with van der Waals surface area (Å²) in [4.78, 5) is 0. The van der Waals surface area contributed by atoms with Crippen LogP contribution in [0.4, 0.5) is 0 Å². The van der Waals surface area contributed by atoms with Gasteiger partial charge in [0.25, 0.3) is 0 Å². The number of nitrogens with zero attached hydrogens (tertiary/aromatic N) is 1. The van der Waals surface area contributed by atoms with Crippen LogP contribution in [0.3, 0.4) is 0 Å². The van der Waals surface area contributed by atoms with Gasteiger partial charge in [0.15, 0.2) is 0 Å². The van der Waals surface area contributed by atoms with Crippen LogP contribution in [0.25, 0.3) is 0 Å². The molecule has 0 aliphatic heterocycles. The van der Waals surface area contributed by atoms with Gasteiger partial charge in [0.05, 0.1) is 26.2 Å². The first kappa shape index (κ1) is 19.5. The van der Waals surface area contributed by atoms with E-state index in [0.717, 1.165) is 43.5 Å². The third-order valence-electron chi connectivity index (χ3n) is 3.35. The monoisotopic (exact) mass is 269 g/mol. The van der Waals surface area contributed by atoms with Crippen LogP contribution in [0.2, 0.25) is 0 Å². The predicted molar refractivity (Wildman–Crippen MR) is 78.9 cm³/mol. The Morgan fingerprint density at radius 1 is 0.889 bits per heavy atom. The van der Waals surface area contributed by atoms with Gasteiger partial charge in [0.1, 0.15) is 0 Å². The molecule has 0 heterocycles. The lowest BCUT2D eigenvalue weighted by atomic mass is 9.99. The number of hydrogen-bond donors (Lipinski definition) is 0. The Morgan fingerprint density at radius 2 is 1.33 bits per heavy atom. The maximum absolute atomic E-state index is 3.88. The Morgan fingerprint density at radius 3 is 1.61 bits per heavy atom. The molecule has 104 valence electrons. The Kier molecular flexibility index (Phi) is 12.3. The van der Waals surface area contributed by atoms with Crippen molar-refractivity contribution in [1.29, 1.82) is 0 Å². The first-order valence-electron chi connectivity index (χ1n) is 6.46. The maximum Gasteiger partial charge on any atom is 0.0973 e. The minimum atomic E-state index is 0. The highest BCUT2D eigenvalue weighted by Gasteiger charge is 2.25. The minimum Gasteiger partial charge on any atom is -1.00 e. The SMILES string of the molecule is C=CCC(CC=C)C[N+](CC)(CC=C)CC=C.[Cl-]. The van der Waals surface area contributed by atoms with Crippen molar-refractivity contribution in [3.8, 4) is 0 Å². The first-order valence-corrected chi connectivity index (χ1v) is 6.46. The molecule has 0 rings (SSSR count). The van der Waals surface area contributed by atoms with Crippen molar-refractivity contribution in [2.24, 2.45) is 5.92 Å². The van der Waals surface area contributed by atoms with Crippen LogP contribution in [0.1, 0.15) is 19.8 Å². The van der Waals surface area contributed by atoms with Gasteiger partial charge in [-0.15, -0.1) is 13.2 Å². The summed E-state index contributed by atoms with van der Waals surface area (Å²) in [6.07, 6.45) is 10.2. The zero-order valence-corrected chi connectivity index (χ0v) is 12.5. The molecule has 0 unspecified atom stereocenters. The van der Waals surface area contributed by atoms with E-state index < -0.39 is 0 Å². The summed E-state index contributed by atoms with van der Waals surface area (Å²) in [6, 6.07) is 0. The molecule has 0 atom stereocenters. The molecule has 0 radical (unpaired) electrons. The van der Waals surface area contributed by atoms with Crippen molar-refractivity contribution in [1.82, 2.24) is 0 Å². The van der Waals surface area contributed by atoms with Crippen molar-refractivity contribution < 1.29 is 16.9 Å². The number of hydrogen-bond acceptors (Lipinski definition) is 0. The molecule has 0 aromatic carbocycles. The molecule has 2 heteroatoms. The van der Waals surface area contributed by atoms with Gasteiger partial charge in [0.2, 0.25) is 0 Å².